The number of nitrogens with zero attached hydrogens (tertiary/aromatic N) is 2. The number of hydrogen-bond acceptors (Lipinski definition) is 3. The number of likely N-dealkylation sites (tertiary alicyclic amines) is 1. The van der Waals surface area contributed by atoms with Crippen LogP contribution >= 0.6 is 24.0 Å². The lowest BCUT2D eigenvalue weighted by atomic mass is 9.89. The van der Waals surface area contributed by atoms with Crippen molar-refractivity contribution in [1.29, 1.82) is 0 Å². The molecule has 2 aliphatic carbocycles. The summed E-state index contributed by atoms with van der Waals surface area (Å²) in [7, 11) is 0. The molecule has 0 spiro atoms. The third-order valence-corrected chi connectivity index (χ3v) is 6.56. The Kier molecular flexibility index (Phi) is 10.7. The monoisotopic (exact) mass is 492 g/mol. The smallest absolute Gasteiger partial charge is 0.191 e. The van der Waals surface area contributed by atoms with Crippen LogP contribution in [0, 0.1) is 5.92 Å². The summed E-state index contributed by atoms with van der Waals surface area (Å²) in [6, 6.07) is 1.08. The van der Waals surface area contributed by atoms with Crippen LogP contribution in [0.4, 0.5) is 0 Å². The average molecular weight is 492 g/mol. The summed E-state index contributed by atoms with van der Waals surface area (Å²) in [5, 5.41) is 16.7. The number of aliphatic hydroxyl groups excluding tert-OH is 1. The van der Waals surface area contributed by atoms with Gasteiger partial charge in [0.25, 0.3) is 0 Å². The van der Waals surface area contributed by atoms with E-state index in [0.717, 1.165) is 50.7 Å². The maximum absolute atomic E-state index is 9.70. The van der Waals surface area contributed by atoms with Crippen LogP contribution in [-0.4, -0.2) is 60.3 Å². The molecule has 0 amide bonds. The molecule has 0 bridgehead atoms. The molecule has 1 unspecified atom stereocenters. The van der Waals surface area contributed by atoms with Crippen molar-refractivity contribution in [3.05, 3.63) is 0 Å². The maximum Gasteiger partial charge on any atom is 0.191 e. The minimum absolute atomic E-state index is 0. The van der Waals surface area contributed by atoms with Crippen LogP contribution in [0.1, 0.15) is 77.6 Å². The van der Waals surface area contributed by atoms with Gasteiger partial charge in [0.2, 0.25) is 0 Å². The summed E-state index contributed by atoms with van der Waals surface area (Å²) in [4.78, 5) is 7.66. The highest BCUT2D eigenvalue weighted by atomic mass is 127. The summed E-state index contributed by atoms with van der Waals surface area (Å²) in [6.45, 7) is 6.51. The first-order chi connectivity index (χ1) is 12.7. The molecule has 27 heavy (non-hydrogen) atoms. The molecule has 3 aliphatic rings. The van der Waals surface area contributed by atoms with Gasteiger partial charge in [-0.2, -0.15) is 0 Å². The fraction of sp³-hybridized carbons (Fsp3) is 0.952. The van der Waals surface area contributed by atoms with Crippen LogP contribution in [0.25, 0.3) is 0 Å². The van der Waals surface area contributed by atoms with Gasteiger partial charge in [0.1, 0.15) is 0 Å². The van der Waals surface area contributed by atoms with E-state index in [9.17, 15) is 5.11 Å². The van der Waals surface area contributed by atoms with E-state index in [1.807, 2.05) is 0 Å². The summed E-state index contributed by atoms with van der Waals surface area (Å²) < 4.78 is 0. The van der Waals surface area contributed by atoms with Gasteiger partial charge >= 0.3 is 0 Å². The van der Waals surface area contributed by atoms with Crippen molar-refractivity contribution in [1.82, 2.24) is 15.5 Å². The van der Waals surface area contributed by atoms with Gasteiger partial charge in [-0.05, 0) is 70.8 Å². The average Bonchev–Trinajstić information content (AvgIpc) is 3.09. The number of rotatable bonds is 6. The Bertz CT molecular complexity index is 434. The number of guanidine groups is 1. The molecule has 0 aromatic heterocycles. The Labute approximate surface area is 183 Å². The lowest BCUT2D eigenvalue weighted by Gasteiger charge is -2.31. The summed E-state index contributed by atoms with van der Waals surface area (Å²) in [5.74, 6) is 1.90. The van der Waals surface area contributed by atoms with E-state index in [1.54, 1.807) is 0 Å². The Hall–Kier alpha value is -0.0800. The zero-order chi connectivity index (χ0) is 18.2. The number of nitrogens with one attached hydrogen (secondary N) is 2. The van der Waals surface area contributed by atoms with E-state index in [2.05, 4.69) is 22.5 Å². The van der Waals surface area contributed by atoms with Crippen molar-refractivity contribution in [2.45, 2.75) is 95.7 Å². The molecule has 0 radical (unpaired) electrons. The lowest BCUT2D eigenvalue weighted by Crippen LogP contribution is -2.46. The van der Waals surface area contributed by atoms with Crippen LogP contribution in [0.2, 0.25) is 0 Å². The van der Waals surface area contributed by atoms with Crippen molar-refractivity contribution in [3.8, 4) is 0 Å². The van der Waals surface area contributed by atoms with E-state index in [4.69, 9.17) is 4.99 Å². The number of aliphatic imine (C=N–C) groups is 1. The first kappa shape index (κ1) is 23.2. The van der Waals surface area contributed by atoms with Crippen molar-refractivity contribution >= 4 is 29.9 Å². The molecule has 1 heterocycles. The van der Waals surface area contributed by atoms with Crippen LogP contribution in [0.3, 0.4) is 0 Å². The first-order valence-corrected chi connectivity index (χ1v) is 11.2. The summed E-state index contributed by atoms with van der Waals surface area (Å²) in [5.41, 5.74) is 0. The van der Waals surface area contributed by atoms with Crippen molar-refractivity contribution in [3.63, 3.8) is 0 Å². The normalized spacial score (nSPS) is 30.7. The van der Waals surface area contributed by atoms with Gasteiger partial charge in [-0.25, -0.2) is 0 Å². The number of hydrogen-bond donors (Lipinski definition) is 3. The SMILES string of the molecule is CCNC(=NCC1CCCN1CC1CCCCC1)NC1CCC(O)CC1.I. The van der Waals surface area contributed by atoms with E-state index in [-0.39, 0.29) is 30.1 Å². The second-order valence-corrected chi connectivity index (χ2v) is 8.66. The van der Waals surface area contributed by atoms with Gasteiger partial charge in [-0.15, -0.1) is 24.0 Å². The van der Waals surface area contributed by atoms with Gasteiger partial charge in [-0.1, -0.05) is 19.3 Å². The Morgan fingerprint density at radius 1 is 1.00 bits per heavy atom. The molecule has 3 rings (SSSR count). The van der Waals surface area contributed by atoms with Gasteiger partial charge < -0.3 is 15.7 Å². The zero-order valence-electron chi connectivity index (χ0n) is 17.2. The molecule has 2 saturated carbocycles. The Morgan fingerprint density at radius 2 is 1.74 bits per heavy atom. The molecule has 6 heteroatoms. The highest BCUT2D eigenvalue weighted by Crippen LogP contribution is 2.27. The second-order valence-electron chi connectivity index (χ2n) is 8.66. The standard InChI is InChI=1S/C21H40N4O.HI/c1-2-22-21(24-18-10-12-20(26)13-11-18)23-15-19-9-6-14-25(19)16-17-7-4-3-5-8-17;/h17-20,26H,2-16H2,1H3,(H2,22,23,24);1H. The number of halogens is 1. The second kappa shape index (κ2) is 12.5. The minimum Gasteiger partial charge on any atom is -0.393 e. The van der Waals surface area contributed by atoms with E-state index in [0.29, 0.717) is 12.1 Å². The topological polar surface area (TPSA) is 59.9 Å². The quantitative estimate of drug-likeness (QED) is 0.302. The van der Waals surface area contributed by atoms with Crippen LogP contribution in [0.5, 0.6) is 0 Å². The van der Waals surface area contributed by atoms with Gasteiger partial charge in [-0.3, -0.25) is 9.89 Å². The molecule has 158 valence electrons. The van der Waals surface area contributed by atoms with Gasteiger partial charge in [0.15, 0.2) is 5.96 Å². The highest BCUT2D eigenvalue weighted by molar-refractivity contribution is 14.0. The van der Waals surface area contributed by atoms with E-state index >= 15 is 0 Å². The molecule has 1 saturated heterocycles. The molecule has 0 aromatic carbocycles. The van der Waals surface area contributed by atoms with Crippen LogP contribution in [0.15, 0.2) is 4.99 Å². The molecule has 3 fully saturated rings. The van der Waals surface area contributed by atoms with E-state index < -0.39 is 0 Å². The molecule has 5 nitrogen and oxygen atoms in total. The Morgan fingerprint density at radius 3 is 2.44 bits per heavy atom. The molecular formula is C21H41IN4O. The molecule has 0 aromatic rings. The first-order valence-electron chi connectivity index (χ1n) is 11.2. The third kappa shape index (κ3) is 7.69. The predicted molar refractivity (Wildman–Crippen MR) is 124 cm³/mol. The summed E-state index contributed by atoms with van der Waals surface area (Å²) in [6.07, 6.45) is 13.6. The third-order valence-electron chi connectivity index (χ3n) is 6.56. The van der Waals surface area contributed by atoms with Crippen molar-refractivity contribution < 1.29 is 5.11 Å². The molecule has 3 N–H and O–H groups in total. The van der Waals surface area contributed by atoms with E-state index in [1.165, 1.54) is 58.0 Å². The van der Waals surface area contributed by atoms with Crippen LogP contribution in [-0.2, 0) is 0 Å². The molecular weight excluding hydrogens is 451 g/mol. The molecule has 1 atom stereocenters. The van der Waals surface area contributed by atoms with Crippen LogP contribution < -0.4 is 10.6 Å². The van der Waals surface area contributed by atoms with Crippen molar-refractivity contribution in [2.75, 3.05) is 26.2 Å². The number of aliphatic hydroxyl groups is 1. The largest absolute Gasteiger partial charge is 0.393 e. The lowest BCUT2D eigenvalue weighted by molar-refractivity contribution is 0.120. The highest BCUT2D eigenvalue weighted by Gasteiger charge is 2.27. The van der Waals surface area contributed by atoms with Crippen molar-refractivity contribution in [2.24, 2.45) is 10.9 Å². The fourth-order valence-corrected chi connectivity index (χ4v) is 4.97. The predicted octanol–water partition coefficient (Wildman–Crippen LogP) is 3.51. The maximum atomic E-state index is 9.70. The minimum atomic E-state index is -0.0978. The zero-order valence-corrected chi connectivity index (χ0v) is 19.5. The fourth-order valence-electron chi connectivity index (χ4n) is 4.97. The molecule has 1 aliphatic heterocycles. The Balaban J connectivity index is 0.00000261. The van der Waals surface area contributed by atoms with Gasteiger partial charge in [0.05, 0.1) is 12.6 Å². The summed E-state index contributed by atoms with van der Waals surface area (Å²) >= 11 is 0. The van der Waals surface area contributed by atoms with Gasteiger partial charge in [0, 0.05) is 25.2 Å².